The molecular formula is C4H12NPS. The molecule has 0 aromatic carbocycles. The fourth-order valence-electron chi connectivity index (χ4n) is 0.332. The van der Waals surface area contributed by atoms with E-state index in [-0.39, 0.29) is 0 Å². The summed E-state index contributed by atoms with van der Waals surface area (Å²) >= 11 is 1.86. The van der Waals surface area contributed by atoms with Crippen LogP contribution in [0.3, 0.4) is 0 Å². The molecule has 44 valence electrons. The molecule has 2 atom stereocenters. The lowest BCUT2D eigenvalue weighted by Crippen LogP contribution is -2.10. The fourth-order valence-corrected chi connectivity index (χ4v) is 1.70. The van der Waals surface area contributed by atoms with Crippen LogP contribution in [0.4, 0.5) is 0 Å². The monoisotopic (exact) mass is 137 g/mol. The molecule has 0 aromatic rings. The maximum atomic E-state index is 5.38. The maximum absolute atomic E-state index is 5.38. The molecule has 0 rings (SSSR count). The van der Waals surface area contributed by atoms with E-state index < -0.39 is 0 Å². The first-order chi connectivity index (χ1) is 3.35. The van der Waals surface area contributed by atoms with Gasteiger partial charge in [-0.1, -0.05) is 0 Å². The van der Waals surface area contributed by atoms with Crippen molar-refractivity contribution in [2.45, 2.75) is 4.99 Å². The van der Waals surface area contributed by atoms with Crippen LogP contribution in [0, 0.1) is 0 Å². The van der Waals surface area contributed by atoms with Gasteiger partial charge < -0.3 is 5.73 Å². The summed E-state index contributed by atoms with van der Waals surface area (Å²) in [5.74, 6) is 0. The topological polar surface area (TPSA) is 26.0 Å². The van der Waals surface area contributed by atoms with Crippen molar-refractivity contribution in [1.82, 2.24) is 0 Å². The second-order valence-electron chi connectivity index (χ2n) is 1.25. The molecular weight excluding hydrogens is 125 g/mol. The standard InChI is InChI=1S/C4H12NPS/c1-6-4(3-5)7-2/h4,6H,3,5H2,1-2H3. The number of thioether (sulfide) groups is 1. The minimum atomic E-state index is 0.708. The third kappa shape index (κ3) is 3.33. The molecule has 0 spiro atoms. The summed E-state index contributed by atoms with van der Waals surface area (Å²) in [4.78, 5) is 0.708. The summed E-state index contributed by atoms with van der Waals surface area (Å²) in [7, 11) is 0.987. The molecule has 2 unspecified atom stereocenters. The van der Waals surface area contributed by atoms with Crippen LogP contribution >= 0.6 is 20.3 Å². The summed E-state index contributed by atoms with van der Waals surface area (Å²) < 4.78 is 0. The molecule has 0 radical (unpaired) electrons. The SMILES string of the molecule is CPC(CN)SC. The largest absolute Gasteiger partial charge is 0.329 e. The van der Waals surface area contributed by atoms with E-state index in [0.29, 0.717) is 4.99 Å². The Hall–Kier alpha value is 0.740. The van der Waals surface area contributed by atoms with Crippen LogP contribution in [0.15, 0.2) is 0 Å². The Labute approximate surface area is 51.2 Å². The minimum Gasteiger partial charge on any atom is -0.329 e. The number of hydrogen-bond acceptors (Lipinski definition) is 2. The Morgan fingerprint density at radius 2 is 2.43 bits per heavy atom. The van der Waals surface area contributed by atoms with E-state index in [9.17, 15) is 0 Å². The molecule has 0 saturated heterocycles. The predicted molar refractivity (Wildman–Crippen MR) is 40.6 cm³/mol. The Bertz CT molecular complexity index is 33.2. The highest BCUT2D eigenvalue weighted by Crippen LogP contribution is 2.21. The lowest BCUT2D eigenvalue weighted by atomic mass is 10.8. The van der Waals surface area contributed by atoms with E-state index in [0.717, 1.165) is 15.1 Å². The first kappa shape index (κ1) is 7.74. The van der Waals surface area contributed by atoms with E-state index >= 15 is 0 Å². The molecule has 3 heteroatoms. The van der Waals surface area contributed by atoms with Gasteiger partial charge in [-0.15, -0.1) is 8.58 Å². The average Bonchev–Trinajstić information content (AvgIpc) is 1.72. The zero-order chi connectivity index (χ0) is 5.70. The molecule has 0 aliphatic carbocycles. The van der Waals surface area contributed by atoms with Crippen LogP contribution in [0.25, 0.3) is 0 Å². The van der Waals surface area contributed by atoms with Crippen molar-refractivity contribution in [3.05, 3.63) is 0 Å². The molecule has 0 saturated carbocycles. The molecule has 2 N–H and O–H groups in total. The lowest BCUT2D eigenvalue weighted by molar-refractivity contribution is 1.10. The summed E-state index contributed by atoms with van der Waals surface area (Å²) in [5, 5.41) is 0. The van der Waals surface area contributed by atoms with E-state index in [4.69, 9.17) is 5.73 Å². The van der Waals surface area contributed by atoms with Crippen molar-refractivity contribution in [1.29, 1.82) is 0 Å². The second kappa shape index (κ2) is 4.89. The first-order valence-electron chi connectivity index (χ1n) is 2.25. The van der Waals surface area contributed by atoms with Gasteiger partial charge in [-0.2, -0.15) is 11.8 Å². The van der Waals surface area contributed by atoms with Crippen molar-refractivity contribution in [3.63, 3.8) is 0 Å². The summed E-state index contributed by atoms with van der Waals surface area (Å²) in [6, 6.07) is 0. The van der Waals surface area contributed by atoms with Crippen LogP contribution < -0.4 is 5.73 Å². The third-order valence-corrected chi connectivity index (χ3v) is 3.88. The fraction of sp³-hybridized carbons (Fsp3) is 1.00. The number of nitrogens with two attached hydrogens (primary N) is 1. The van der Waals surface area contributed by atoms with Crippen molar-refractivity contribution in [2.24, 2.45) is 5.73 Å². The molecule has 0 aromatic heterocycles. The van der Waals surface area contributed by atoms with Gasteiger partial charge in [0.15, 0.2) is 0 Å². The smallest absolute Gasteiger partial charge is 0.0335 e. The van der Waals surface area contributed by atoms with Crippen LogP contribution in [0.1, 0.15) is 0 Å². The van der Waals surface area contributed by atoms with E-state index in [2.05, 4.69) is 12.9 Å². The number of hydrogen-bond donors (Lipinski definition) is 1. The van der Waals surface area contributed by atoms with Crippen molar-refractivity contribution in [2.75, 3.05) is 19.5 Å². The van der Waals surface area contributed by atoms with Crippen molar-refractivity contribution >= 4 is 20.3 Å². The molecule has 0 fully saturated rings. The highest BCUT2D eigenvalue weighted by atomic mass is 32.2. The highest BCUT2D eigenvalue weighted by Gasteiger charge is 1.96. The Morgan fingerprint density at radius 3 is 2.43 bits per heavy atom. The van der Waals surface area contributed by atoms with E-state index in [1.807, 2.05) is 11.8 Å². The molecule has 0 aliphatic rings. The molecule has 0 amide bonds. The van der Waals surface area contributed by atoms with Gasteiger partial charge >= 0.3 is 0 Å². The minimum absolute atomic E-state index is 0.708. The van der Waals surface area contributed by atoms with Gasteiger partial charge in [0.05, 0.1) is 0 Å². The third-order valence-electron chi connectivity index (χ3n) is 0.821. The van der Waals surface area contributed by atoms with E-state index in [1.54, 1.807) is 0 Å². The molecule has 0 aliphatic heterocycles. The van der Waals surface area contributed by atoms with Gasteiger partial charge in [0, 0.05) is 11.5 Å². The van der Waals surface area contributed by atoms with Gasteiger partial charge in [-0.05, 0) is 12.9 Å². The first-order valence-corrected chi connectivity index (χ1v) is 5.11. The lowest BCUT2D eigenvalue weighted by Gasteiger charge is -2.05. The molecule has 0 heterocycles. The van der Waals surface area contributed by atoms with Crippen molar-refractivity contribution in [3.8, 4) is 0 Å². The van der Waals surface area contributed by atoms with Gasteiger partial charge in [0.2, 0.25) is 0 Å². The van der Waals surface area contributed by atoms with Gasteiger partial charge in [0.25, 0.3) is 0 Å². The van der Waals surface area contributed by atoms with E-state index in [1.165, 1.54) is 0 Å². The zero-order valence-electron chi connectivity index (χ0n) is 4.77. The highest BCUT2D eigenvalue weighted by molar-refractivity contribution is 8.03. The Morgan fingerprint density at radius 1 is 1.86 bits per heavy atom. The predicted octanol–water partition coefficient (Wildman–Crippen LogP) is 0.943. The zero-order valence-corrected chi connectivity index (χ0v) is 6.59. The summed E-state index contributed by atoms with van der Waals surface area (Å²) in [6.07, 6.45) is 2.11. The molecule has 7 heavy (non-hydrogen) atoms. The quantitative estimate of drug-likeness (QED) is 0.586. The van der Waals surface area contributed by atoms with Crippen LogP contribution in [0.5, 0.6) is 0 Å². The second-order valence-corrected chi connectivity index (χ2v) is 3.98. The maximum Gasteiger partial charge on any atom is 0.0335 e. The summed E-state index contributed by atoms with van der Waals surface area (Å²) in [5.41, 5.74) is 5.38. The Balaban J connectivity index is 2.99. The molecule has 0 bridgehead atoms. The summed E-state index contributed by atoms with van der Waals surface area (Å²) in [6.45, 7) is 3.02. The van der Waals surface area contributed by atoms with Gasteiger partial charge in [-0.25, -0.2) is 0 Å². The van der Waals surface area contributed by atoms with Crippen LogP contribution in [0.2, 0.25) is 0 Å². The molecule has 1 nitrogen and oxygen atoms in total. The Kier molecular flexibility index (Phi) is 5.41. The van der Waals surface area contributed by atoms with Gasteiger partial charge in [0.1, 0.15) is 0 Å². The van der Waals surface area contributed by atoms with Crippen LogP contribution in [-0.2, 0) is 0 Å². The normalized spacial score (nSPS) is 15.9. The van der Waals surface area contributed by atoms with Crippen LogP contribution in [-0.4, -0.2) is 24.5 Å². The number of rotatable bonds is 3. The average molecular weight is 137 g/mol. The van der Waals surface area contributed by atoms with Gasteiger partial charge in [-0.3, -0.25) is 0 Å². The van der Waals surface area contributed by atoms with Crippen molar-refractivity contribution < 1.29 is 0 Å².